The number of alkyl halides is 3. The molecule has 1 aromatic rings. The summed E-state index contributed by atoms with van der Waals surface area (Å²) < 4.78 is 43.3. The van der Waals surface area contributed by atoms with E-state index in [-0.39, 0.29) is 0 Å². The number of aliphatic hydroxyl groups is 1. The normalized spacial score (nSPS) is 19.7. The Bertz CT molecular complexity index is 448. The van der Waals surface area contributed by atoms with Crippen molar-refractivity contribution in [1.29, 1.82) is 0 Å². The number of ether oxygens (including phenoxy) is 1. The molecule has 0 amide bonds. The fourth-order valence-electron chi connectivity index (χ4n) is 3.07. The molecule has 21 heavy (non-hydrogen) atoms. The first-order valence-electron chi connectivity index (χ1n) is 7.35. The summed E-state index contributed by atoms with van der Waals surface area (Å²) in [4.78, 5) is 0. The van der Waals surface area contributed by atoms with E-state index in [0.717, 1.165) is 37.8 Å². The zero-order chi connectivity index (χ0) is 15.5. The molecule has 1 aliphatic rings. The maximum absolute atomic E-state index is 12.5. The number of hydrogen-bond acceptors (Lipinski definition) is 2. The van der Waals surface area contributed by atoms with Gasteiger partial charge in [0.05, 0.1) is 17.3 Å². The van der Waals surface area contributed by atoms with Crippen LogP contribution in [0.25, 0.3) is 0 Å². The largest absolute Gasteiger partial charge is 0.416 e. The molecule has 5 heteroatoms. The molecule has 2 nitrogen and oxygen atoms in total. The van der Waals surface area contributed by atoms with E-state index in [1.54, 1.807) is 0 Å². The van der Waals surface area contributed by atoms with Crippen LogP contribution >= 0.6 is 0 Å². The first-order chi connectivity index (χ1) is 9.87. The third-order valence-electron chi connectivity index (χ3n) is 4.20. The standard InChI is InChI=1S/C16H21F3O2/c1-2-21-15(9-3-4-10-15)14(20)11-12-5-7-13(8-6-12)16(17,18)19/h5-8,14,20H,2-4,9-11H2,1H3. The van der Waals surface area contributed by atoms with E-state index in [0.29, 0.717) is 18.6 Å². The minimum Gasteiger partial charge on any atom is -0.390 e. The molecule has 0 spiro atoms. The number of benzene rings is 1. The lowest BCUT2D eigenvalue weighted by Gasteiger charge is -2.34. The van der Waals surface area contributed by atoms with Crippen molar-refractivity contribution < 1.29 is 23.0 Å². The molecule has 0 heterocycles. The Morgan fingerprint density at radius 2 is 1.76 bits per heavy atom. The average molecular weight is 302 g/mol. The molecule has 2 rings (SSSR count). The highest BCUT2D eigenvalue weighted by molar-refractivity contribution is 5.25. The number of rotatable bonds is 5. The number of aliphatic hydroxyl groups excluding tert-OH is 1. The highest BCUT2D eigenvalue weighted by Crippen LogP contribution is 2.37. The Morgan fingerprint density at radius 3 is 2.24 bits per heavy atom. The van der Waals surface area contributed by atoms with Gasteiger partial charge >= 0.3 is 6.18 Å². The molecule has 0 radical (unpaired) electrons. The molecule has 0 saturated heterocycles. The van der Waals surface area contributed by atoms with Gasteiger partial charge in [-0.2, -0.15) is 13.2 Å². The molecule has 118 valence electrons. The SMILES string of the molecule is CCOC1(C(O)Cc2ccc(C(F)(F)F)cc2)CCCC1. The van der Waals surface area contributed by atoms with Gasteiger partial charge in [-0.1, -0.05) is 25.0 Å². The Morgan fingerprint density at radius 1 is 1.19 bits per heavy atom. The van der Waals surface area contributed by atoms with Gasteiger partial charge in [0.2, 0.25) is 0 Å². The van der Waals surface area contributed by atoms with Crippen LogP contribution in [-0.4, -0.2) is 23.4 Å². The quantitative estimate of drug-likeness (QED) is 0.892. The van der Waals surface area contributed by atoms with E-state index in [1.807, 2.05) is 6.92 Å². The van der Waals surface area contributed by atoms with Crippen LogP contribution < -0.4 is 0 Å². The monoisotopic (exact) mass is 302 g/mol. The average Bonchev–Trinajstić information content (AvgIpc) is 2.89. The molecule has 1 unspecified atom stereocenters. The van der Waals surface area contributed by atoms with Crippen LogP contribution in [0.5, 0.6) is 0 Å². The van der Waals surface area contributed by atoms with Crippen molar-refractivity contribution in [1.82, 2.24) is 0 Å². The van der Waals surface area contributed by atoms with Gasteiger partial charge in [-0.25, -0.2) is 0 Å². The Hall–Kier alpha value is -1.07. The van der Waals surface area contributed by atoms with Crippen LogP contribution in [0.3, 0.4) is 0 Å². The van der Waals surface area contributed by atoms with Crippen molar-refractivity contribution in [3.63, 3.8) is 0 Å². The molecular formula is C16H21F3O2. The Balaban J connectivity index is 2.06. The Labute approximate surface area is 122 Å². The summed E-state index contributed by atoms with van der Waals surface area (Å²) in [5.41, 5.74) is -0.500. The molecule has 1 N–H and O–H groups in total. The van der Waals surface area contributed by atoms with E-state index in [4.69, 9.17) is 4.74 Å². The molecule has 1 saturated carbocycles. The van der Waals surface area contributed by atoms with E-state index in [1.165, 1.54) is 12.1 Å². The summed E-state index contributed by atoms with van der Waals surface area (Å²) in [7, 11) is 0. The minimum absolute atomic E-state index is 0.318. The van der Waals surface area contributed by atoms with Gasteiger partial charge < -0.3 is 9.84 Å². The fraction of sp³-hybridized carbons (Fsp3) is 0.625. The molecule has 1 fully saturated rings. The first-order valence-corrected chi connectivity index (χ1v) is 7.35. The molecule has 0 aromatic heterocycles. The van der Waals surface area contributed by atoms with Crippen molar-refractivity contribution in [2.75, 3.05) is 6.61 Å². The van der Waals surface area contributed by atoms with E-state index in [2.05, 4.69) is 0 Å². The van der Waals surface area contributed by atoms with Gasteiger partial charge in [-0.3, -0.25) is 0 Å². The van der Waals surface area contributed by atoms with Crippen LogP contribution in [0.15, 0.2) is 24.3 Å². The second-order valence-corrected chi connectivity index (χ2v) is 5.62. The van der Waals surface area contributed by atoms with Crippen LogP contribution in [0.1, 0.15) is 43.7 Å². The third-order valence-corrected chi connectivity index (χ3v) is 4.20. The maximum atomic E-state index is 12.5. The lowest BCUT2D eigenvalue weighted by atomic mass is 9.89. The topological polar surface area (TPSA) is 29.5 Å². The van der Waals surface area contributed by atoms with Gasteiger partial charge in [-0.05, 0) is 37.5 Å². The van der Waals surface area contributed by atoms with Gasteiger partial charge in [0.25, 0.3) is 0 Å². The van der Waals surface area contributed by atoms with Crippen LogP contribution in [0.2, 0.25) is 0 Å². The van der Waals surface area contributed by atoms with E-state index in [9.17, 15) is 18.3 Å². The molecular weight excluding hydrogens is 281 g/mol. The summed E-state index contributed by atoms with van der Waals surface area (Å²) >= 11 is 0. The summed E-state index contributed by atoms with van der Waals surface area (Å²) in [5, 5.41) is 10.5. The molecule has 0 bridgehead atoms. The van der Waals surface area contributed by atoms with Gasteiger partial charge in [0, 0.05) is 13.0 Å². The third kappa shape index (κ3) is 3.77. The van der Waals surface area contributed by atoms with Crippen LogP contribution in [0.4, 0.5) is 13.2 Å². The maximum Gasteiger partial charge on any atom is 0.416 e. The van der Waals surface area contributed by atoms with Crippen molar-refractivity contribution in [3.8, 4) is 0 Å². The van der Waals surface area contributed by atoms with Crippen molar-refractivity contribution in [3.05, 3.63) is 35.4 Å². The van der Waals surface area contributed by atoms with Crippen molar-refractivity contribution >= 4 is 0 Å². The highest BCUT2D eigenvalue weighted by atomic mass is 19.4. The zero-order valence-electron chi connectivity index (χ0n) is 12.1. The number of hydrogen-bond donors (Lipinski definition) is 1. The van der Waals surface area contributed by atoms with Gasteiger partial charge in [-0.15, -0.1) is 0 Å². The lowest BCUT2D eigenvalue weighted by Crippen LogP contribution is -2.43. The predicted octanol–water partition coefficient (Wildman–Crippen LogP) is 3.96. The molecule has 1 atom stereocenters. The van der Waals surface area contributed by atoms with Gasteiger partial charge in [0.15, 0.2) is 0 Å². The predicted molar refractivity (Wildman–Crippen MR) is 74.0 cm³/mol. The molecule has 0 aliphatic heterocycles. The Kier molecular flexibility index (Phi) is 4.94. The van der Waals surface area contributed by atoms with E-state index < -0.39 is 23.4 Å². The summed E-state index contributed by atoms with van der Waals surface area (Å²) in [5.74, 6) is 0. The van der Waals surface area contributed by atoms with E-state index >= 15 is 0 Å². The van der Waals surface area contributed by atoms with Gasteiger partial charge in [0.1, 0.15) is 0 Å². The molecule has 1 aromatic carbocycles. The summed E-state index contributed by atoms with van der Waals surface area (Å²) in [6.07, 6.45) is -1.04. The second kappa shape index (κ2) is 6.36. The molecule has 1 aliphatic carbocycles. The fourth-order valence-corrected chi connectivity index (χ4v) is 3.07. The lowest BCUT2D eigenvalue weighted by molar-refractivity contribution is -0.137. The second-order valence-electron chi connectivity index (χ2n) is 5.62. The van der Waals surface area contributed by atoms with Crippen molar-refractivity contribution in [2.24, 2.45) is 0 Å². The van der Waals surface area contributed by atoms with Crippen molar-refractivity contribution in [2.45, 2.75) is 56.9 Å². The first kappa shape index (κ1) is 16.3. The van der Waals surface area contributed by atoms with Crippen LogP contribution in [0, 0.1) is 0 Å². The zero-order valence-corrected chi connectivity index (χ0v) is 12.1. The highest BCUT2D eigenvalue weighted by Gasteiger charge is 2.41. The van der Waals surface area contributed by atoms with Crippen LogP contribution in [-0.2, 0) is 17.3 Å². The number of halogens is 3. The summed E-state index contributed by atoms with van der Waals surface area (Å²) in [6.45, 7) is 2.43. The minimum atomic E-state index is -4.32. The summed E-state index contributed by atoms with van der Waals surface area (Å²) in [6, 6.07) is 4.98. The smallest absolute Gasteiger partial charge is 0.390 e.